The Hall–Kier alpha value is -1.17. The van der Waals surface area contributed by atoms with E-state index in [9.17, 15) is 8.42 Å². The molecule has 92 valence electrons. The molecule has 0 spiro atoms. The zero-order chi connectivity index (χ0) is 12.8. The summed E-state index contributed by atoms with van der Waals surface area (Å²) in [4.78, 5) is 2.33. The Labute approximate surface area is 113 Å². The molecule has 0 aliphatic heterocycles. The van der Waals surface area contributed by atoms with Gasteiger partial charge in [0.2, 0.25) is 0 Å². The van der Waals surface area contributed by atoms with E-state index in [4.69, 9.17) is 0 Å². The van der Waals surface area contributed by atoms with E-state index in [1.165, 1.54) is 17.6 Å². The normalized spacial score (nSPS) is 12.1. The summed E-state index contributed by atoms with van der Waals surface area (Å²) in [5.41, 5.74) is 0. The Balaban J connectivity index is 2.45. The van der Waals surface area contributed by atoms with Gasteiger partial charge < -0.3 is 0 Å². The predicted molar refractivity (Wildman–Crippen MR) is 78.2 cm³/mol. The smallest absolute Gasteiger partial charge is 0.177 e. The van der Waals surface area contributed by atoms with E-state index in [2.05, 4.69) is 0 Å². The molecule has 0 fully saturated rings. The van der Waals surface area contributed by atoms with Gasteiger partial charge in [-0.05, 0) is 17.5 Å². The van der Waals surface area contributed by atoms with Gasteiger partial charge in [0.1, 0.15) is 0 Å². The third-order valence-electron chi connectivity index (χ3n) is 2.67. The zero-order valence-electron chi connectivity index (χ0n) is 9.58. The Morgan fingerprint density at radius 2 is 1.83 bits per heavy atom. The first-order valence-electron chi connectivity index (χ1n) is 5.33. The third kappa shape index (κ3) is 1.88. The van der Waals surface area contributed by atoms with Gasteiger partial charge in [-0.25, -0.2) is 8.42 Å². The molecule has 0 saturated carbocycles. The van der Waals surface area contributed by atoms with Crippen LogP contribution >= 0.6 is 22.7 Å². The Morgan fingerprint density at radius 1 is 1.06 bits per heavy atom. The SMILES string of the molecule is CS(=O)(=O)c1c(-c2cccs2)sc2ccccc12. The molecule has 3 aromatic rings. The van der Waals surface area contributed by atoms with Crippen molar-refractivity contribution >= 4 is 42.6 Å². The summed E-state index contributed by atoms with van der Waals surface area (Å²) in [5.74, 6) is 0. The van der Waals surface area contributed by atoms with Gasteiger partial charge in [0.05, 0.1) is 9.77 Å². The van der Waals surface area contributed by atoms with Crippen LogP contribution in [0.5, 0.6) is 0 Å². The van der Waals surface area contributed by atoms with Gasteiger partial charge in [0, 0.05) is 21.2 Å². The number of sulfone groups is 1. The summed E-state index contributed by atoms with van der Waals surface area (Å²) in [7, 11) is -3.23. The molecular weight excluding hydrogens is 284 g/mol. The quantitative estimate of drug-likeness (QED) is 0.715. The Kier molecular flexibility index (Phi) is 2.77. The minimum Gasteiger partial charge on any atom is -0.224 e. The molecule has 1 aromatic carbocycles. The van der Waals surface area contributed by atoms with Gasteiger partial charge in [-0.1, -0.05) is 24.3 Å². The van der Waals surface area contributed by atoms with E-state index >= 15 is 0 Å². The topological polar surface area (TPSA) is 34.1 Å². The molecule has 0 bridgehead atoms. The first-order valence-corrected chi connectivity index (χ1v) is 8.91. The maximum absolute atomic E-state index is 12.0. The highest BCUT2D eigenvalue weighted by molar-refractivity contribution is 7.91. The molecule has 2 nitrogen and oxygen atoms in total. The van der Waals surface area contributed by atoms with Crippen molar-refractivity contribution in [3.63, 3.8) is 0 Å². The minimum absolute atomic E-state index is 0.463. The standard InChI is InChI=1S/C13H10O2S3/c1-18(14,15)13-9-5-2-3-6-10(9)17-12(13)11-7-4-8-16-11/h2-8H,1H3. The third-order valence-corrected chi connectivity index (χ3v) is 6.18. The average molecular weight is 294 g/mol. The number of hydrogen-bond acceptors (Lipinski definition) is 4. The summed E-state index contributed by atoms with van der Waals surface area (Å²) in [6, 6.07) is 11.6. The molecule has 0 unspecified atom stereocenters. The lowest BCUT2D eigenvalue weighted by Crippen LogP contribution is -1.97. The van der Waals surface area contributed by atoms with Gasteiger partial charge in [-0.15, -0.1) is 22.7 Å². The van der Waals surface area contributed by atoms with E-state index in [-0.39, 0.29) is 0 Å². The molecule has 2 heterocycles. The van der Waals surface area contributed by atoms with Crippen LogP contribution in [0.4, 0.5) is 0 Å². The molecule has 0 amide bonds. The molecule has 0 atom stereocenters. The van der Waals surface area contributed by atoms with Crippen LogP contribution in [0.25, 0.3) is 19.8 Å². The molecule has 0 aliphatic carbocycles. The van der Waals surface area contributed by atoms with E-state index in [0.717, 1.165) is 19.8 Å². The number of rotatable bonds is 2. The lowest BCUT2D eigenvalue weighted by atomic mass is 10.2. The van der Waals surface area contributed by atoms with E-state index in [1.807, 2.05) is 41.8 Å². The van der Waals surface area contributed by atoms with Gasteiger partial charge in [-0.2, -0.15) is 0 Å². The van der Waals surface area contributed by atoms with Crippen molar-refractivity contribution in [2.24, 2.45) is 0 Å². The lowest BCUT2D eigenvalue weighted by molar-refractivity contribution is 0.603. The van der Waals surface area contributed by atoms with Crippen molar-refractivity contribution in [3.8, 4) is 9.75 Å². The van der Waals surface area contributed by atoms with Crippen LogP contribution in [0, 0.1) is 0 Å². The fourth-order valence-corrected chi connectivity index (χ4v) is 5.65. The minimum atomic E-state index is -3.23. The second-order valence-corrected chi connectivity index (χ2v) is 7.96. The van der Waals surface area contributed by atoms with Gasteiger partial charge in [0.15, 0.2) is 9.84 Å². The maximum atomic E-state index is 12.0. The molecule has 0 N–H and O–H groups in total. The number of thiophene rings is 2. The second kappa shape index (κ2) is 4.19. The maximum Gasteiger partial charge on any atom is 0.177 e. The zero-order valence-corrected chi connectivity index (χ0v) is 12.0. The first kappa shape index (κ1) is 11.9. The second-order valence-electron chi connectivity index (χ2n) is 4.01. The van der Waals surface area contributed by atoms with Crippen LogP contribution in [-0.2, 0) is 9.84 Å². The van der Waals surface area contributed by atoms with Crippen molar-refractivity contribution in [1.82, 2.24) is 0 Å². The van der Waals surface area contributed by atoms with E-state index < -0.39 is 9.84 Å². The van der Waals surface area contributed by atoms with Crippen LogP contribution < -0.4 is 0 Å². The summed E-state index contributed by atoms with van der Waals surface area (Å²) >= 11 is 3.11. The summed E-state index contributed by atoms with van der Waals surface area (Å²) in [5, 5.41) is 2.79. The Morgan fingerprint density at radius 3 is 2.50 bits per heavy atom. The number of benzene rings is 1. The lowest BCUT2D eigenvalue weighted by Gasteiger charge is -1.99. The first-order chi connectivity index (χ1) is 8.57. The highest BCUT2D eigenvalue weighted by atomic mass is 32.2. The van der Waals surface area contributed by atoms with Gasteiger partial charge >= 0.3 is 0 Å². The summed E-state index contributed by atoms with van der Waals surface area (Å²) in [6.45, 7) is 0. The molecular formula is C13H10O2S3. The van der Waals surface area contributed by atoms with Gasteiger partial charge in [0.25, 0.3) is 0 Å². The predicted octanol–water partition coefficient (Wildman–Crippen LogP) is 4.03. The van der Waals surface area contributed by atoms with E-state index in [1.54, 1.807) is 11.3 Å². The van der Waals surface area contributed by atoms with Gasteiger partial charge in [-0.3, -0.25) is 0 Å². The van der Waals surface area contributed by atoms with Crippen molar-refractivity contribution in [2.75, 3.05) is 6.26 Å². The van der Waals surface area contributed by atoms with Crippen LogP contribution in [0.15, 0.2) is 46.7 Å². The largest absolute Gasteiger partial charge is 0.224 e. The molecule has 3 rings (SSSR count). The van der Waals surface area contributed by atoms with E-state index in [0.29, 0.717) is 4.90 Å². The van der Waals surface area contributed by atoms with Crippen molar-refractivity contribution < 1.29 is 8.42 Å². The Bertz CT molecular complexity index is 796. The fourth-order valence-electron chi connectivity index (χ4n) is 1.96. The fraction of sp³-hybridized carbons (Fsp3) is 0.0769. The molecule has 0 saturated heterocycles. The molecule has 5 heteroatoms. The number of hydrogen-bond donors (Lipinski definition) is 0. The van der Waals surface area contributed by atoms with Crippen LogP contribution in [0.3, 0.4) is 0 Å². The van der Waals surface area contributed by atoms with Crippen molar-refractivity contribution in [2.45, 2.75) is 4.90 Å². The number of fused-ring (bicyclic) bond motifs is 1. The summed E-state index contributed by atoms with van der Waals surface area (Å²) < 4.78 is 25.1. The molecule has 2 aromatic heterocycles. The molecule has 18 heavy (non-hydrogen) atoms. The molecule has 0 radical (unpaired) electrons. The highest BCUT2D eigenvalue weighted by Crippen LogP contribution is 2.42. The highest BCUT2D eigenvalue weighted by Gasteiger charge is 2.21. The van der Waals surface area contributed by atoms with Crippen molar-refractivity contribution in [1.29, 1.82) is 0 Å². The average Bonchev–Trinajstić information content (AvgIpc) is 2.94. The molecule has 0 aliphatic rings. The van der Waals surface area contributed by atoms with Crippen LogP contribution in [-0.4, -0.2) is 14.7 Å². The van der Waals surface area contributed by atoms with Crippen LogP contribution in [0.1, 0.15) is 0 Å². The monoisotopic (exact) mass is 294 g/mol. The van der Waals surface area contributed by atoms with Crippen molar-refractivity contribution in [3.05, 3.63) is 41.8 Å². The summed E-state index contributed by atoms with van der Waals surface area (Å²) in [6.07, 6.45) is 1.28. The van der Waals surface area contributed by atoms with Crippen LogP contribution in [0.2, 0.25) is 0 Å².